The van der Waals surface area contributed by atoms with Gasteiger partial charge in [-0.15, -0.1) is 0 Å². The maximum Gasteiger partial charge on any atom is 0.228 e. The summed E-state index contributed by atoms with van der Waals surface area (Å²) in [7, 11) is 0. The lowest BCUT2D eigenvalue weighted by Gasteiger charge is -2.00. The fourth-order valence-corrected chi connectivity index (χ4v) is 2.08. The summed E-state index contributed by atoms with van der Waals surface area (Å²) in [4.78, 5) is 12.1. The second kappa shape index (κ2) is 7.17. The summed E-state index contributed by atoms with van der Waals surface area (Å²) in [6.45, 7) is 0.258. The highest BCUT2D eigenvalue weighted by atomic mass is 79.9. The zero-order chi connectivity index (χ0) is 13.0. The fourth-order valence-electron chi connectivity index (χ4n) is 1.58. The Morgan fingerprint density at radius 3 is 2.42 bits per heavy atom. The number of nitrogens with zero attached hydrogens (tertiary/aromatic N) is 2. The van der Waals surface area contributed by atoms with E-state index in [0.29, 0.717) is 11.1 Å². The van der Waals surface area contributed by atoms with Crippen LogP contribution in [-0.4, -0.2) is 5.78 Å². The molecule has 2 aromatic rings. The van der Waals surface area contributed by atoms with E-state index in [1.807, 2.05) is 24.3 Å². The summed E-state index contributed by atoms with van der Waals surface area (Å²) >= 11 is 3.36. The molecule has 0 radical (unpaired) electrons. The molecule has 0 saturated carbocycles. The van der Waals surface area contributed by atoms with Gasteiger partial charge in [-0.05, 0) is 6.07 Å². The van der Waals surface area contributed by atoms with E-state index in [-0.39, 0.29) is 29.3 Å². The number of Topliss-reactive ketones (excluding diaryl/α,β-unsaturated/α-hetero) is 1. The number of carbonyl (C=O) groups excluding carboxylic acids is 1. The zero-order valence-electron chi connectivity index (χ0n) is 9.88. The van der Waals surface area contributed by atoms with Crippen LogP contribution < -0.4 is 21.5 Å². The highest BCUT2D eigenvalue weighted by Gasteiger charge is 2.14. The van der Waals surface area contributed by atoms with Crippen LogP contribution in [0.5, 0.6) is 0 Å². The quantitative estimate of drug-likeness (QED) is 0.531. The molecular weight excluding hydrogens is 372 g/mol. The molecule has 0 unspecified atom stereocenters. The topological polar surface area (TPSA) is 44.7 Å². The van der Waals surface area contributed by atoms with Crippen molar-refractivity contribution in [1.29, 1.82) is 5.26 Å². The molecule has 0 fully saturated rings. The van der Waals surface area contributed by atoms with Gasteiger partial charge in [-0.2, -0.15) is 9.83 Å². The monoisotopic (exact) mass is 380 g/mol. The molecule has 2 rings (SSSR count). The van der Waals surface area contributed by atoms with E-state index in [2.05, 4.69) is 15.9 Å². The van der Waals surface area contributed by atoms with Gasteiger partial charge in [0.15, 0.2) is 12.4 Å². The molecule has 0 N–H and O–H groups in total. The largest absolute Gasteiger partial charge is 1.00 e. The van der Waals surface area contributed by atoms with Crippen LogP contribution in [0.2, 0.25) is 0 Å². The van der Waals surface area contributed by atoms with Crippen LogP contribution >= 0.6 is 15.9 Å². The summed E-state index contributed by atoms with van der Waals surface area (Å²) in [5, 5.41) is 8.69. The Morgan fingerprint density at radius 2 is 1.84 bits per heavy atom. The highest BCUT2D eigenvalue weighted by Crippen LogP contribution is 2.16. The third-order valence-corrected chi connectivity index (χ3v) is 3.21. The van der Waals surface area contributed by atoms with Crippen LogP contribution in [0.25, 0.3) is 0 Å². The van der Waals surface area contributed by atoms with Crippen LogP contribution in [-0.2, 0) is 6.54 Å². The molecule has 0 amide bonds. The molecule has 0 aliphatic rings. The maximum atomic E-state index is 12.1. The first kappa shape index (κ1) is 15.5. The number of nitriles is 1. The number of carbonyl (C=O) groups is 1. The van der Waals surface area contributed by atoms with Gasteiger partial charge in [0, 0.05) is 22.2 Å². The molecule has 0 aliphatic heterocycles. The number of benzene rings is 1. The summed E-state index contributed by atoms with van der Waals surface area (Å²) in [5.41, 5.74) is 1.24. The average molecular weight is 382 g/mol. The molecule has 0 aliphatic carbocycles. The van der Waals surface area contributed by atoms with Crippen molar-refractivity contribution in [3.05, 3.63) is 64.4 Å². The van der Waals surface area contributed by atoms with Crippen LogP contribution in [0.1, 0.15) is 15.9 Å². The molecule has 96 valence electrons. The highest BCUT2D eigenvalue weighted by molar-refractivity contribution is 9.10. The Hall–Kier alpha value is -1.51. The van der Waals surface area contributed by atoms with Gasteiger partial charge < -0.3 is 17.0 Å². The van der Waals surface area contributed by atoms with Crippen LogP contribution in [0.4, 0.5) is 0 Å². The third-order valence-electron chi connectivity index (χ3n) is 2.52. The molecule has 0 spiro atoms. The normalized spacial score (nSPS) is 9.26. The third kappa shape index (κ3) is 3.98. The minimum atomic E-state index is 0. The van der Waals surface area contributed by atoms with Gasteiger partial charge in [0.2, 0.25) is 12.3 Å². The molecule has 0 atom stereocenters. The van der Waals surface area contributed by atoms with Crippen molar-refractivity contribution in [2.24, 2.45) is 0 Å². The number of hydrogen-bond acceptors (Lipinski definition) is 2. The van der Waals surface area contributed by atoms with Crippen molar-refractivity contribution >= 4 is 21.7 Å². The van der Waals surface area contributed by atoms with Crippen molar-refractivity contribution in [2.75, 3.05) is 0 Å². The molecule has 19 heavy (non-hydrogen) atoms. The molecule has 5 heteroatoms. The molecular formula is C14H10Br2N2O. The van der Waals surface area contributed by atoms with E-state index in [9.17, 15) is 4.79 Å². The molecule has 0 bridgehead atoms. The van der Waals surface area contributed by atoms with Gasteiger partial charge in [0.1, 0.15) is 0 Å². The van der Waals surface area contributed by atoms with Crippen molar-refractivity contribution in [2.45, 2.75) is 6.54 Å². The number of aromatic nitrogens is 1. The SMILES string of the molecule is N#Cc1cc[n+](CC(=O)c2ccccc2Br)cc1.[Br-]. The predicted molar refractivity (Wildman–Crippen MR) is 69.8 cm³/mol. The second-order valence-corrected chi connectivity index (χ2v) is 4.63. The molecule has 1 aromatic heterocycles. The lowest BCUT2D eigenvalue weighted by molar-refractivity contribution is -0.683. The predicted octanol–water partition coefficient (Wildman–Crippen LogP) is -0.505. The van der Waals surface area contributed by atoms with Gasteiger partial charge in [-0.1, -0.05) is 34.1 Å². The molecule has 1 aromatic carbocycles. The minimum Gasteiger partial charge on any atom is -1.00 e. The number of pyridine rings is 1. The van der Waals surface area contributed by atoms with Gasteiger partial charge >= 0.3 is 0 Å². The van der Waals surface area contributed by atoms with Crippen molar-refractivity contribution in [3.63, 3.8) is 0 Å². The van der Waals surface area contributed by atoms with Crippen LogP contribution in [0, 0.1) is 11.3 Å². The van der Waals surface area contributed by atoms with E-state index in [4.69, 9.17) is 5.26 Å². The lowest BCUT2D eigenvalue weighted by atomic mass is 10.1. The summed E-state index contributed by atoms with van der Waals surface area (Å²) in [5.74, 6) is 0.0252. The maximum absolute atomic E-state index is 12.1. The van der Waals surface area contributed by atoms with Crippen molar-refractivity contribution in [3.8, 4) is 6.07 Å². The standard InChI is InChI=1S/C14H10BrN2O.BrH/c15-13-4-2-1-3-12(13)14(18)10-17-7-5-11(9-16)6-8-17;/h1-8H,10H2;1H/q+1;/p-1. The van der Waals surface area contributed by atoms with Crippen molar-refractivity contribution < 1.29 is 26.3 Å². The summed E-state index contributed by atoms with van der Waals surface area (Å²) in [6, 6.07) is 12.8. The number of ketones is 1. The zero-order valence-corrected chi connectivity index (χ0v) is 13.1. The minimum absolute atomic E-state index is 0. The fraction of sp³-hybridized carbons (Fsp3) is 0.0714. The Morgan fingerprint density at radius 1 is 1.21 bits per heavy atom. The van der Waals surface area contributed by atoms with Gasteiger partial charge in [0.05, 0.1) is 11.6 Å². The van der Waals surface area contributed by atoms with Gasteiger partial charge in [-0.3, -0.25) is 4.79 Å². The Balaban J connectivity index is 0.00000180. The Bertz CT molecular complexity index is 618. The molecule has 0 saturated heterocycles. The van der Waals surface area contributed by atoms with E-state index in [1.54, 1.807) is 35.2 Å². The summed E-state index contributed by atoms with van der Waals surface area (Å²) < 4.78 is 2.55. The lowest BCUT2D eigenvalue weighted by Crippen LogP contribution is -3.00. The van der Waals surface area contributed by atoms with E-state index >= 15 is 0 Å². The first-order valence-corrected chi connectivity index (χ1v) is 6.17. The number of rotatable bonds is 3. The van der Waals surface area contributed by atoms with E-state index < -0.39 is 0 Å². The first-order valence-electron chi connectivity index (χ1n) is 5.37. The molecule has 1 heterocycles. The Kier molecular flexibility index (Phi) is 5.87. The van der Waals surface area contributed by atoms with E-state index in [1.165, 1.54) is 0 Å². The number of halogens is 2. The van der Waals surface area contributed by atoms with E-state index in [0.717, 1.165) is 4.47 Å². The van der Waals surface area contributed by atoms with Gasteiger partial charge in [-0.25, -0.2) is 0 Å². The second-order valence-electron chi connectivity index (χ2n) is 3.77. The first-order chi connectivity index (χ1) is 8.70. The average Bonchev–Trinajstić information content (AvgIpc) is 2.40. The van der Waals surface area contributed by atoms with Gasteiger partial charge in [0.25, 0.3) is 0 Å². The van der Waals surface area contributed by atoms with Crippen LogP contribution in [0.15, 0.2) is 53.3 Å². The van der Waals surface area contributed by atoms with Crippen molar-refractivity contribution in [1.82, 2.24) is 0 Å². The number of hydrogen-bond donors (Lipinski definition) is 0. The summed E-state index contributed by atoms with van der Waals surface area (Å²) in [6.07, 6.45) is 3.46. The Labute approximate surface area is 130 Å². The smallest absolute Gasteiger partial charge is 0.228 e. The molecule has 3 nitrogen and oxygen atoms in total. The van der Waals surface area contributed by atoms with Crippen LogP contribution in [0.3, 0.4) is 0 Å².